The van der Waals surface area contributed by atoms with Gasteiger partial charge in [0, 0.05) is 23.3 Å². The number of halogens is 1. The van der Waals surface area contributed by atoms with Gasteiger partial charge in [-0.3, -0.25) is 0 Å². The fraction of sp³-hybridized carbons (Fsp3) is 0.231. The third-order valence-electron chi connectivity index (χ3n) is 2.46. The summed E-state index contributed by atoms with van der Waals surface area (Å²) in [4.78, 5) is 8.62. The van der Waals surface area contributed by atoms with Crippen LogP contribution in [0.1, 0.15) is 11.3 Å². The zero-order valence-corrected chi connectivity index (χ0v) is 12.2. The Morgan fingerprint density at radius 1 is 1.11 bits per heavy atom. The van der Waals surface area contributed by atoms with Crippen LogP contribution in [0.25, 0.3) is 0 Å². The SMILES string of the molecule is CNc1nc(C)cc(Nc2cc(C)ccc2Br)n1. The molecular weight excluding hydrogens is 292 g/mol. The van der Waals surface area contributed by atoms with Gasteiger partial charge in [0.1, 0.15) is 5.82 Å². The summed E-state index contributed by atoms with van der Waals surface area (Å²) in [7, 11) is 1.81. The minimum atomic E-state index is 0.612. The summed E-state index contributed by atoms with van der Waals surface area (Å²) in [6, 6.07) is 8.06. The first kappa shape index (κ1) is 12.8. The summed E-state index contributed by atoms with van der Waals surface area (Å²) in [6.07, 6.45) is 0. The average molecular weight is 307 g/mol. The van der Waals surface area contributed by atoms with E-state index < -0.39 is 0 Å². The molecule has 2 rings (SSSR count). The highest BCUT2D eigenvalue weighted by molar-refractivity contribution is 9.10. The molecule has 5 heteroatoms. The van der Waals surface area contributed by atoms with Crippen LogP contribution in [0, 0.1) is 13.8 Å². The molecule has 1 aromatic carbocycles. The van der Waals surface area contributed by atoms with Crippen molar-refractivity contribution in [1.29, 1.82) is 0 Å². The Hall–Kier alpha value is -1.62. The molecule has 0 bridgehead atoms. The van der Waals surface area contributed by atoms with E-state index in [0.29, 0.717) is 5.95 Å². The van der Waals surface area contributed by atoms with Gasteiger partial charge in [-0.2, -0.15) is 4.98 Å². The molecule has 0 unspecified atom stereocenters. The maximum Gasteiger partial charge on any atom is 0.224 e. The van der Waals surface area contributed by atoms with Gasteiger partial charge in [0.25, 0.3) is 0 Å². The number of anilines is 3. The lowest BCUT2D eigenvalue weighted by atomic mass is 10.2. The van der Waals surface area contributed by atoms with E-state index in [4.69, 9.17) is 0 Å². The van der Waals surface area contributed by atoms with Gasteiger partial charge in [0.2, 0.25) is 5.95 Å². The van der Waals surface area contributed by atoms with Crippen molar-refractivity contribution in [3.05, 3.63) is 40.0 Å². The summed E-state index contributed by atoms with van der Waals surface area (Å²) in [5, 5.41) is 6.24. The summed E-state index contributed by atoms with van der Waals surface area (Å²) in [5.74, 6) is 1.39. The molecule has 0 aliphatic rings. The Balaban J connectivity index is 2.33. The monoisotopic (exact) mass is 306 g/mol. The average Bonchev–Trinajstić information content (AvgIpc) is 2.33. The van der Waals surface area contributed by atoms with E-state index >= 15 is 0 Å². The molecule has 0 radical (unpaired) electrons. The molecule has 2 aromatic rings. The Morgan fingerprint density at radius 3 is 2.61 bits per heavy atom. The van der Waals surface area contributed by atoms with Crippen molar-refractivity contribution < 1.29 is 0 Å². The number of aromatic nitrogens is 2. The molecule has 0 amide bonds. The highest BCUT2D eigenvalue weighted by Crippen LogP contribution is 2.26. The number of aryl methyl sites for hydroxylation is 2. The van der Waals surface area contributed by atoms with Crippen LogP contribution in [-0.2, 0) is 0 Å². The zero-order chi connectivity index (χ0) is 13.1. The van der Waals surface area contributed by atoms with Crippen LogP contribution in [0.2, 0.25) is 0 Å². The smallest absolute Gasteiger partial charge is 0.224 e. The molecule has 0 fully saturated rings. The summed E-state index contributed by atoms with van der Waals surface area (Å²) < 4.78 is 1.01. The van der Waals surface area contributed by atoms with Crippen LogP contribution in [0.15, 0.2) is 28.7 Å². The minimum absolute atomic E-state index is 0.612. The molecule has 4 nitrogen and oxygen atoms in total. The van der Waals surface area contributed by atoms with Gasteiger partial charge in [-0.25, -0.2) is 4.98 Å². The predicted octanol–water partition coefficient (Wildman–Crippen LogP) is 3.64. The van der Waals surface area contributed by atoms with E-state index in [1.165, 1.54) is 5.56 Å². The van der Waals surface area contributed by atoms with E-state index in [0.717, 1.165) is 21.7 Å². The first-order valence-electron chi connectivity index (χ1n) is 5.65. The molecule has 0 saturated heterocycles. The lowest BCUT2D eigenvalue weighted by Crippen LogP contribution is -2.02. The van der Waals surface area contributed by atoms with Gasteiger partial charge < -0.3 is 10.6 Å². The van der Waals surface area contributed by atoms with Crippen LogP contribution in [0.3, 0.4) is 0 Å². The van der Waals surface area contributed by atoms with Gasteiger partial charge in [0.05, 0.1) is 5.69 Å². The van der Waals surface area contributed by atoms with Gasteiger partial charge in [-0.1, -0.05) is 6.07 Å². The second kappa shape index (κ2) is 5.35. The molecule has 1 aromatic heterocycles. The fourth-order valence-electron chi connectivity index (χ4n) is 1.62. The summed E-state index contributed by atoms with van der Waals surface area (Å²) in [6.45, 7) is 4.00. The molecule has 0 saturated carbocycles. The van der Waals surface area contributed by atoms with Crippen LogP contribution < -0.4 is 10.6 Å². The van der Waals surface area contributed by atoms with Crippen molar-refractivity contribution in [3.63, 3.8) is 0 Å². The number of hydrogen-bond donors (Lipinski definition) is 2. The minimum Gasteiger partial charge on any atom is -0.357 e. The Bertz CT molecular complexity index is 569. The summed E-state index contributed by atoms with van der Waals surface area (Å²) in [5.41, 5.74) is 3.11. The number of nitrogens with one attached hydrogen (secondary N) is 2. The first-order chi connectivity index (χ1) is 8.58. The highest BCUT2D eigenvalue weighted by atomic mass is 79.9. The molecule has 0 aliphatic carbocycles. The molecule has 1 heterocycles. The van der Waals surface area contributed by atoms with Crippen LogP contribution in [0.5, 0.6) is 0 Å². The second-order valence-corrected chi connectivity index (χ2v) is 4.93. The molecule has 2 N–H and O–H groups in total. The first-order valence-corrected chi connectivity index (χ1v) is 6.44. The normalized spacial score (nSPS) is 10.2. The Kier molecular flexibility index (Phi) is 3.81. The maximum atomic E-state index is 4.36. The van der Waals surface area contributed by atoms with Crippen molar-refractivity contribution in [2.45, 2.75) is 13.8 Å². The van der Waals surface area contributed by atoms with E-state index in [2.05, 4.69) is 55.6 Å². The number of benzene rings is 1. The van der Waals surface area contributed by atoms with Gasteiger partial charge in [-0.15, -0.1) is 0 Å². The lowest BCUT2D eigenvalue weighted by Gasteiger charge is -2.10. The van der Waals surface area contributed by atoms with Crippen molar-refractivity contribution >= 4 is 33.4 Å². The third-order valence-corrected chi connectivity index (χ3v) is 3.15. The molecular formula is C13H15BrN4. The predicted molar refractivity (Wildman–Crippen MR) is 78.5 cm³/mol. The van der Waals surface area contributed by atoms with E-state index in [1.54, 1.807) is 7.05 Å². The standard InChI is InChI=1S/C13H15BrN4/c1-8-4-5-10(14)11(6-8)17-12-7-9(2)16-13(15-3)18-12/h4-7H,1-3H3,(H2,15,16,17,18). The second-order valence-electron chi connectivity index (χ2n) is 4.08. The molecule has 0 atom stereocenters. The molecule has 94 valence electrons. The number of hydrogen-bond acceptors (Lipinski definition) is 4. The molecule has 0 spiro atoms. The van der Waals surface area contributed by atoms with Gasteiger partial charge >= 0.3 is 0 Å². The van der Waals surface area contributed by atoms with Gasteiger partial charge in [0.15, 0.2) is 0 Å². The molecule has 18 heavy (non-hydrogen) atoms. The third kappa shape index (κ3) is 2.98. The van der Waals surface area contributed by atoms with E-state index in [-0.39, 0.29) is 0 Å². The fourth-order valence-corrected chi connectivity index (χ4v) is 1.96. The largest absolute Gasteiger partial charge is 0.357 e. The van der Waals surface area contributed by atoms with Crippen molar-refractivity contribution in [2.75, 3.05) is 17.7 Å². The van der Waals surface area contributed by atoms with Crippen LogP contribution in [-0.4, -0.2) is 17.0 Å². The van der Waals surface area contributed by atoms with Crippen molar-refractivity contribution in [3.8, 4) is 0 Å². The Morgan fingerprint density at radius 2 is 1.89 bits per heavy atom. The number of rotatable bonds is 3. The van der Waals surface area contributed by atoms with Crippen molar-refractivity contribution in [1.82, 2.24) is 9.97 Å². The van der Waals surface area contributed by atoms with Crippen molar-refractivity contribution in [2.24, 2.45) is 0 Å². The van der Waals surface area contributed by atoms with Crippen LogP contribution in [0.4, 0.5) is 17.5 Å². The lowest BCUT2D eigenvalue weighted by molar-refractivity contribution is 1.10. The quantitative estimate of drug-likeness (QED) is 0.909. The highest BCUT2D eigenvalue weighted by Gasteiger charge is 2.04. The number of nitrogens with zero attached hydrogens (tertiary/aromatic N) is 2. The van der Waals surface area contributed by atoms with Gasteiger partial charge in [-0.05, 0) is 47.5 Å². The molecule has 0 aliphatic heterocycles. The topological polar surface area (TPSA) is 49.8 Å². The van der Waals surface area contributed by atoms with E-state index in [9.17, 15) is 0 Å². The zero-order valence-electron chi connectivity index (χ0n) is 10.6. The van der Waals surface area contributed by atoms with Crippen LogP contribution >= 0.6 is 15.9 Å². The summed E-state index contributed by atoms with van der Waals surface area (Å²) >= 11 is 3.52. The Labute approximate surface area is 115 Å². The van der Waals surface area contributed by atoms with E-state index in [1.807, 2.05) is 19.1 Å². The maximum absolute atomic E-state index is 4.36.